The normalized spacial score (nSPS) is 12.7. The first-order valence-electron chi connectivity index (χ1n) is 13.1. The van der Waals surface area contributed by atoms with E-state index >= 15 is 0 Å². The first-order valence-corrected chi connectivity index (χ1v) is 13.1. The smallest absolute Gasteiger partial charge is 0.229 e. The molecule has 0 bridgehead atoms. The van der Waals surface area contributed by atoms with E-state index in [1.165, 1.54) is 54.4 Å². The summed E-state index contributed by atoms with van der Waals surface area (Å²) in [6.07, 6.45) is 0. The molecule has 2 nitrogen and oxygen atoms in total. The lowest BCUT2D eigenvalue weighted by Crippen LogP contribution is -2.30. The molecule has 0 aliphatic heterocycles. The Morgan fingerprint density at radius 1 is 0.500 bits per heavy atom. The van der Waals surface area contributed by atoms with E-state index in [0.717, 1.165) is 0 Å². The summed E-state index contributed by atoms with van der Waals surface area (Å²) in [5.41, 5.74) is 7.86. The molecule has 178 valence electrons. The summed E-state index contributed by atoms with van der Waals surface area (Å²) < 4.78 is 0. The van der Waals surface area contributed by atoms with E-state index in [2.05, 4.69) is 136 Å². The topological polar surface area (TPSA) is 28.3 Å². The fraction of sp³-hybridized carbons (Fsp3) is 0.250. The van der Waals surface area contributed by atoms with Crippen LogP contribution in [-0.2, 0) is 10.8 Å². The fourth-order valence-corrected chi connectivity index (χ4v) is 5.72. The van der Waals surface area contributed by atoms with Crippen LogP contribution in [0.3, 0.4) is 0 Å². The minimum atomic E-state index is 0.0463. The summed E-state index contributed by atoms with van der Waals surface area (Å²) in [4.78, 5) is 7.95. The van der Waals surface area contributed by atoms with Crippen molar-refractivity contribution in [2.24, 2.45) is 0 Å². The van der Waals surface area contributed by atoms with Gasteiger partial charge in [0.2, 0.25) is 13.0 Å². The first kappa shape index (κ1) is 23.0. The number of nitrogens with one attached hydrogen (secondary N) is 2. The van der Waals surface area contributed by atoms with Gasteiger partial charge in [0.15, 0.2) is 11.0 Å². The zero-order chi connectivity index (χ0) is 25.2. The third kappa shape index (κ3) is 3.75. The molecule has 6 rings (SSSR count). The van der Waals surface area contributed by atoms with Gasteiger partial charge in [-0.3, -0.25) is 0 Å². The quantitative estimate of drug-likeness (QED) is 0.249. The van der Waals surface area contributed by atoms with Crippen molar-refractivity contribution >= 4 is 45.3 Å². The molecule has 36 heavy (non-hydrogen) atoms. The van der Waals surface area contributed by atoms with Crippen LogP contribution in [0.1, 0.15) is 52.7 Å². The largest absolute Gasteiger partial charge is 0.467 e. The van der Waals surface area contributed by atoms with Gasteiger partial charge < -0.3 is 9.78 Å². The number of benzene rings is 4. The van der Waals surface area contributed by atoms with Crippen molar-refractivity contribution < 1.29 is 9.78 Å². The Labute approximate surface area is 214 Å². The fourth-order valence-electron chi connectivity index (χ4n) is 5.72. The molecule has 0 radical (unpaired) electrons. The number of H-pyrrole nitrogens is 2. The van der Waals surface area contributed by atoms with Gasteiger partial charge in [-0.25, -0.2) is 0 Å². The van der Waals surface area contributed by atoms with E-state index in [1.807, 2.05) is 0 Å². The number of aromatic amines is 2. The Balaban J connectivity index is 1.88. The van der Waals surface area contributed by atoms with Crippen molar-refractivity contribution in [3.63, 3.8) is 0 Å². The molecule has 0 amide bonds. The van der Waals surface area contributed by atoms with E-state index in [-0.39, 0.29) is 23.8 Å². The van der Waals surface area contributed by atoms with Crippen LogP contribution in [0.5, 0.6) is 0 Å². The predicted molar refractivity (Wildman–Crippen MR) is 155 cm³/mol. The molecular weight excluding hydrogens is 434 g/mol. The molecule has 0 atom stereocenters. The molecule has 0 saturated carbocycles. The highest BCUT2D eigenvalue weighted by molar-refractivity contribution is 6.75. The van der Waals surface area contributed by atoms with Crippen molar-refractivity contribution in [1.29, 1.82) is 0 Å². The summed E-state index contributed by atoms with van der Waals surface area (Å²) in [5.74, 6) is 0. The van der Waals surface area contributed by atoms with Crippen molar-refractivity contribution in [2.75, 3.05) is 0 Å². The Morgan fingerprint density at radius 2 is 0.889 bits per heavy atom. The third-order valence-corrected chi connectivity index (χ3v) is 7.81. The molecule has 0 spiro atoms. The summed E-state index contributed by atoms with van der Waals surface area (Å²) >= 11 is 0. The lowest BCUT2D eigenvalue weighted by Gasteiger charge is -2.27. The second kappa shape index (κ2) is 8.06. The van der Waals surface area contributed by atoms with Gasteiger partial charge in [0, 0.05) is 12.1 Å². The Bertz CT molecular complexity index is 1620. The predicted octanol–water partition coefficient (Wildman–Crippen LogP) is 6.84. The van der Waals surface area contributed by atoms with Gasteiger partial charge in [-0.2, -0.15) is 10.9 Å². The van der Waals surface area contributed by atoms with Crippen molar-refractivity contribution in [3.8, 4) is 10.9 Å². The average Bonchev–Trinajstić information content (AvgIpc) is 2.86. The summed E-state index contributed by atoms with van der Waals surface area (Å²) in [5, 5.41) is 5.47. The van der Waals surface area contributed by atoms with Crippen LogP contribution in [-0.4, -0.2) is 13.0 Å². The Hall–Kier alpha value is -3.39. The van der Waals surface area contributed by atoms with Gasteiger partial charge in [-0.15, -0.1) is 10.6 Å². The van der Waals surface area contributed by atoms with E-state index < -0.39 is 0 Å². The summed E-state index contributed by atoms with van der Waals surface area (Å²) in [6, 6.07) is 31.5. The van der Waals surface area contributed by atoms with Crippen LogP contribution >= 0.6 is 0 Å². The molecule has 2 aromatic heterocycles. The molecule has 2 heterocycles. The van der Waals surface area contributed by atoms with E-state index in [1.54, 1.807) is 0 Å². The molecule has 0 unspecified atom stereocenters. The molecule has 0 aliphatic rings. The SMILES string of the molecule is CC(C)(C)c1cc2[nH+][b-](-c3ccccc3)c3cc(C(C)(C)C)cc4[b-](-c5ccccc5)[nH+]c(c1)c2c34. The number of aromatic nitrogens is 2. The van der Waals surface area contributed by atoms with E-state index in [0.29, 0.717) is 0 Å². The second-order valence-electron chi connectivity index (χ2n) is 12.5. The highest BCUT2D eigenvalue weighted by Gasteiger charge is 2.24. The molecule has 4 aromatic carbocycles. The lowest BCUT2D eigenvalue weighted by atomic mass is 9.57. The van der Waals surface area contributed by atoms with E-state index in [9.17, 15) is 0 Å². The molecule has 0 aliphatic carbocycles. The average molecular weight is 468 g/mol. The first-order chi connectivity index (χ1) is 17.1. The van der Waals surface area contributed by atoms with Gasteiger partial charge in [-0.1, -0.05) is 120 Å². The van der Waals surface area contributed by atoms with Crippen molar-refractivity contribution in [3.05, 3.63) is 96.1 Å². The maximum absolute atomic E-state index is 3.98. The number of hydrogen-bond acceptors (Lipinski definition) is 0. The number of rotatable bonds is 2. The Morgan fingerprint density at radius 3 is 1.28 bits per heavy atom. The van der Waals surface area contributed by atoms with E-state index in [4.69, 9.17) is 0 Å². The highest BCUT2D eigenvalue weighted by atomic mass is 14.7. The van der Waals surface area contributed by atoms with Gasteiger partial charge >= 0.3 is 0 Å². The summed E-state index contributed by atoms with van der Waals surface area (Å²) in [6.45, 7) is 14.1. The van der Waals surface area contributed by atoms with Crippen LogP contribution in [0.4, 0.5) is 0 Å². The molecular formula is C32H34B2N2. The maximum Gasteiger partial charge on any atom is 0.229 e. The van der Waals surface area contributed by atoms with Gasteiger partial charge in [0.25, 0.3) is 0 Å². The van der Waals surface area contributed by atoms with Crippen molar-refractivity contribution in [1.82, 2.24) is 0 Å². The van der Waals surface area contributed by atoms with Crippen LogP contribution in [0.15, 0.2) is 84.9 Å². The standard InChI is InChI=1S/C32H34B2N2/c1-31(2,3)21-17-25-29-26(18-21)34(24-15-11-8-12-16-24)36-28-20-22(32(4,5)6)19-27(30(28)29)35-33(25)23-13-9-7-10-14-23/h7-20,35-36H,1-6H3. The monoisotopic (exact) mass is 468 g/mol. The molecule has 6 aromatic rings. The zero-order valence-corrected chi connectivity index (χ0v) is 22.2. The minimum Gasteiger partial charge on any atom is -0.467 e. The highest BCUT2D eigenvalue weighted by Crippen LogP contribution is 2.37. The van der Waals surface area contributed by atoms with Crippen LogP contribution < -0.4 is 9.78 Å². The lowest BCUT2D eigenvalue weighted by molar-refractivity contribution is -0.280. The molecule has 4 heteroatoms. The minimum absolute atomic E-state index is 0.0463. The second-order valence-corrected chi connectivity index (χ2v) is 12.5. The maximum atomic E-state index is 3.98. The zero-order valence-electron chi connectivity index (χ0n) is 22.2. The van der Waals surface area contributed by atoms with Crippen LogP contribution in [0.2, 0.25) is 0 Å². The molecule has 0 fully saturated rings. The third-order valence-electron chi connectivity index (χ3n) is 7.81. The van der Waals surface area contributed by atoms with Gasteiger partial charge in [-0.05, 0) is 22.0 Å². The van der Waals surface area contributed by atoms with Crippen LogP contribution in [0.25, 0.3) is 43.3 Å². The van der Waals surface area contributed by atoms with Crippen molar-refractivity contribution in [2.45, 2.75) is 52.4 Å². The van der Waals surface area contributed by atoms with Gasteiger partial charge in [0.1, 0.15) is 5.39 Å². The molecule has 2 N–H and O–H groups in total. The number of hydrogen-bond donors (Lipinski definition) is 0. The molecule has 0 saturated heterocycles. The summed E-state index contributed by atoms with van der Waals surface area (Å²) in [7, 11) is 0. The van der Waals surface area contributed by atoms with Gasteiger partial charge in [0.05, 0.1) is 0 Å². The van der Waals surface area contributed by atoms with Crippen LogP contribution in [0, 0.1) is 0 Å². The Kier molecular flexibility index (Phi) is 5.16.